The Labute approximate surface area is 79.2 Å². The minimum atomic E-state index is -0.157. The number of rotatable bonds is 6. The van der Waals surface area contributed by atoms with E-state index in [0.29, 0.717) is 6.61 Å². The summed E-state index contributed by atoms with van der Waals surface area (Å²) in [6.07, 6.45) is 2.01. The number of amides is 1. The summed E-state index contributed by atoms with van der Waals surface area (Å²) in [6, 6.07) is 0. The monoisotopic (exact) mass is 186 g/mol. The highest BCUT2D eigenvalue weighted by Crippen LogP contribution is 2.02. The van der Waals surface area contributed by atoms with Crippen LogP contribution < -0.4 is 5.32 Å². The van der Waals surface area contributed by atoms with Crippen LogP contribution in [-0.4, -0.2) is 43.8 Å². The van der Waals surface area contributed by atoms with Gasteiger partial charge in [-0.15, -0.1) is 0 Å². The Hall–Kier alpha value is -0.770. The van der Waals surface area contributed by atoms with Crippen molar-refractivity contribution >= 4 is 6.09 Å². The van der Waals surface area contributed by atoms with E-state index >= 15 is 0 Å². The fraction of sp³-hybridized carbons (Fsp3) is 0.889. The molecule has 0 radical (unpaired) electrons. The molecular weight excluding hydrogens is 168 g/mol. The number of nitrogens with one attached hydrogen (secondary N) is 1. The summed E-state index contributed by atoms with van der Waals surface area (Å²) >= 11 is 0. The van der Waals surface area contributed by atoms with Crippen LogP contribution in [0.15, 0.2) is 0 Å². The average molecular weight is 186 g/mol. The maximum atomic E-state index is 11.0. The number of hydrogen-bond donors (Lipinski definition) is 1. The molecule has 4 nitrogen and oxygen atoms in total. The molecule has 1 amide bonds. The fourth-order valence-corrected chi connectivity index (χ4v) is 1.33. The molecule has 0 atom stereocenters. The van der Waals surface area contributed by atoms with Crippen LogP contribution in [0.3, 0.4) is 0 Å². The highest BCUT2D eigenvalue weighted by Gasteiger charge is 2.20. The Morgan fingerprint density at radius 2 is 2.38 bits per heavy atom. The van der Waals surface area contributed by atoms with E-state index in [2.05, 4.69) is 12.2 Å². The molecule has 0 bridgehead atoms. The molecule has 1 N–H and O–H groups in total. The lowest BCUT2D eigenvalue weighted by Gasteiger charge is -2.11. The molecule has 1 rings (SSSR count). The van der Waals surface area contributed by atoms with Crippen molar-refractivity contribution in [1.82, 2.24) is 10.2 Å². The Bertz CT molecular complexity index is 162. The van der Waals surface area contributed by atoms with Gasteiger partial charge in [-0.2, -0.15) is 0 Å². The van der Waals surface area contributed by atoms with Gasteiger partial charge in [0.15, 0.2) is 0 Å². The molecule has 0 unspecified atom stereocenters. The minimum absolute atomic E-state index is 0.157. The summed E-state index contributed by atoms with van der Waals surface area (Å²) in [5.74, 6) is 0. The summed E-state index contributed by atoms with van der Waals surface area (Å²) < 4.78 is 4.81. The Kier molecular flexibility index (Phi) is 4.60. The predicted molar refractivity (Wildman–Crippen MR) is 50.7 cm³/mol. The molecule has 1 aliphatic heterocycles. The van der Waals surface area contributed by atoms with Crippen molar-refractivity contribution in [3.63, 3.8) is 0 Å². The molecule has 0 aromatic heterocycles. The maximum absolute atomic E-state index is 11.0. The van der Waals surface area contributed by atoms with Gasteiger partial charge in [0.2, 0.25) is 0 Å². The molecule has 1 heterocycles. The lowest BCUT2D eigenvalue weighted by Crippen LogP contribution is -2.28. The largest absolute Gasteiger partial charge is 0.448 e. The Morgan fingerprint density at radius 1 is 1.54 bits per heavy atom. The van der Waals surface area contributed by atoms with Crippen LogP contribution in [-0.2, 0) is 4.74 Å². The van der Waals surface area contributed by atoms with Crippen molar-refractivity contribution in [1.29, 1.82) is 0 Å². The van der Waals surface area contributed by atoms with E-state index in [-0.39, 0.29) is 6.09 Å². The highest BCUT2D eigenvalue weighted by atomic mass is 16.6. The van der Waals surface area contributed by atoms with Crippen molar-refractivity contribution in [3.8, 4) is 0 Å². The second-order valence-electron chi connectivity index (χ2n) is 3.20. The number of ether oxygens (including phenoxy) is 1. The highest BCUT2D eigenvalue weighted by molar-refractivity contribution is 5.69. The SMILES string of the molecule is CCCNCCCN1CCOC1=O. The Morgan fingerprint density at radius 3 is 3.00 bits per heavy atom. The van der Waals surface area contributed by atoms with Crippen LogP contribution >= 0.6 is 0 Å². The van der Waals surface area contributed by atoms with E-state index in [0.717, 1.165) is 39.0 Å². The zero-order valence-corrected chi connectivity index (χ0v) is 8.21. The maximum Gasteiger partial charge on any atom is 0.409 e. The zero-order chi connectivity index (χ0) is 9.52. The molecule has 0 aromatic carbocycles. The molecular formula is C9H18N2O2. The van der Waals surface area contributed by atoms with Crippen LogP contribution in [0.2, 0.25) is 0 Å². The normalized spacial score (nSPS) is 16.4. The van der Waals surface area contributed by atoms with E-state index in [4.69, 9.17) is 4.74 Å². The van der Waals surface area contributed by atoms with E-state index < -0.39 is 0 Å². The van der Waals surface area contributed by atoms with Crippen molar-refractivity contribution in [2.45, 2.75) is 19.8 Å². The summed E-state index contributed by atoms with van der Waals surface area (Å²) in [6.45, 7) is 6.32. The zero-order valence-electron chi connectivity index (χ0n) is 8.21. The molecule has 13 heavy (non-hydrogen) atoms. The number of hydrogen-bond acceptors (Lipinski definition) is 3. The topological polar surface area (TPSA) is 41.6 Å². The first-order valence-electron chi connectivity index (χ1n) is 4.97. The first kappa shape index (κ1) is 10.3. The number of nitrogens with zero attached hydrogens (tertiary/aromatic N) is 1. The Balaban J connectivity index is 1.96. The standard InChI is InChI=1S/C9H18N2O2/c1-2-4-10-5-3-6-11-7-8-13-9(11)12/h10H,2-8H2,1H3. The first-order chi connectivity index (χ1) is 6.34. The third-order valence-electron chi connectivity index (χ3n) is 2.05. The van der Waals surface area contributed by atoms with Gasteiger partial charge in [-0.1, -0.05) is 6.92 Å². The van der Waals surface area contributed by atoms with Gasteiger partial charge in [0.1, 0.15) is 6.61 Å². The smallest absolute Gasteiger partial charge is 0.409 e. The van der Waals surface area contributed by atoms with Crippen LogP contribution in [0.25, 0.3) is 0 Å². The van der Waals surface area contributed by atoms with Crippen LogP contribution in [0, 0.1) is 0 Å². The molecule has 0 saturated carbocycles. The minimum Gasteiger partial charge on any atom is -0.448 e. The van der Waals surface area contributed by atoms with Crippen LogP contribution in [0.4, 0.5) is 4.79 Å². The van der Waals surface area contributed by atoms with Crippen molar-refractivity contribution < 1.29 is 9.53 Å². The average Bonchev–Trinajstić information content (AvgIpc) is 2.52. The second kappa shape index (κ2) is 5.80. The van der Waals surface area contributed by atoms with Gasteiger partial charge < -0.3 is 15.0 Å². The number of cyclic esters (lactones) is 1. The molecule has 1 saturated heterocycles. The predicted octanol–water partition coefficient (Wildman–Crippen LogP) is 0.828. The summed E-state index contributed by atoms with van der Waals surface area (Å²) in [4.78, 5) is 12.7. The van der Waals surface area contributed by atoms with Gasteiger partial charge in [0.25, 0.3) is 0 Å². The van der Waals surface area contributed by atoms with Crippen LogP contribution in [0.5, 0.6) is 0 Å². The van der Waals surface area contributed by atoms with Gasteiger partial charge in [-0.3, -0.25) is 0 Å². The first-order valence-corrected chi connectivity index (χ1v) is 4.97. The molecule has 76 valence electrons. The molecule has 1 fully saturated rings. The third kappa shape index (κ3) is 3.63. The van der Waals surface area contributed by atoms with Crippen molar-refractivity contribution in [2.24, 2.45) is 0 Å². The molecule has 0 spiro atoms. The van der Waals surface area contributed by atoms with E-state index in [1.807, 2.05) is 0 Å². The lowest BCUT2D eigenvalue weighted by atomic mass is 10.3. The van der Waals surface area contributed by atoms with Gasteiger partial charge in [-0.25, -0.2) is 4.79 Å². The van der Waals surface area contributed by atoms with E-state index in [1.54, 1.807) is 4.90 Å². The van der Waals surface area contributed by atoms with Gasteiger partial charge in [0.05, 0.1) is 6.54 Å². The van der Waals surface area contributed by atoms with Crippen molar-refractivity contribution in [3.05, 3.63) is 0 Å². The summed E-state index contributed by atoms with van der Waals surface area (Å²) in [5.41, 5.74) is 0. The number of carbonyl (C=O) groups is 1. The number of carbonyl (C=O) groups excluding carboxylic acids is 1. The van der Waals surface area contributed by atoms with Crippen molar-refractivity contribution in [2.75, 3.05) is 32.8 Å². The third-order valence-corrected chi connectivity index (χ3v) is 2.05. The summed E-state index contributed by atoms with van der Waals surface area (Å²) in [5, 5.41) is 3.30. The fourth-order valence-electron chi connectivity index (χ4n) is 1.33. The molecule has 0 aliphatic carbocycles. The quantitative estimate of drug-likeness (QED) is 0.625. The molecule has 4 heteroatoms. The summed E-state index contributed by atoms with van der Waals surface area (Å²) in [7, 11) is 0. The van der Waals surface area contributed by atoms with Gasteiger partial charge in [-0.05, 0) is 25.9 Å². The molecule has 0 aromatic rings. The van der Waals surface area contributed by atoms with Crippen LogP contribution in [0.1, 0.15) is 19.8 Å². The van der Waals surface area contributed by atoms with E-state index in [9.17, 15) is 4.79 Å². The van der Waals surface area contributed by atoms with Gasteiger partial charge >= 0.3 is 6.09 Å². The van der Waals surface area contributed by atoms with Gasteiger partial charge in [0, 0.05) is 6.54 Å². The lowest BCUT2D eigenvalue weighted by molar-refractivity contribution is 0.158. The molecule has 1 aliphatic rings. The second-order valence-corrected chi connectivity index (χ2v) is 3.20. The van der Waals surface area contributed by atoms with E-state index in [1.165, 1.54) is 0 Å².